The molecule has 2 N–H and O–H groups in total. The van der Waals surface area contributed by atoms with Crippen LogP contribution in [0.1, 0.15) is 47.3 Å². The molecule has 0 atom stereocenters. The van der Waals surface area contributed by atoms with Crippen molar-refractivity contribution in [1.29, 1.82) is 0 Å². The Morgan fingerprint density at radius 3 is 2.86 bits per heavy atom. The molecular weight excluding hydrogens is 356 g/mol. The number of hydrogen-bond donors (Lipinski definition) is 2. The number of nitrogens with one attached hydrogen (secondary N) is 2. The van der Waals surface area contributed by atoms with Crippen molar-refractivity contribution in [2.45, 2.75) is 44.6 Å². The van der Waals surface area contributed by atoms with Crippen LogP contribution < -0.4 is 15.6 Å². The maximum Gasteiger partial charge on any atom is 0.256 e. The molecule has 2 aliphatic rings. The number of aromatic nitrogens is 2. The molecule has 0 aromatic carbocycles. The average Bonchev–Trinajstić information content (AvgIpc) is 2.69. The smallest absolute Gasteiger partial charge is 0.256 e. The Morgan fingerprint density at radius 1 is 1.25 bits per heavy atom. The Bertz CT molecular complexity index is 916. The van der Waals surface area contributed by atoms with Crippen molar-refractivity contribution >= 4 is 11.6 Å². The number of carbonyl (C=O) groups is 1. The van der Waals surface area contributed by atoms with E-state index in [4.69, 9.17) is 4.74 Å². The van der Waals surface area contributed by atoms with Crippen LogP contribution in [0.25, 0.3) is 0 Å². The number of likely N-dealkylation sites (tertiary alicyclic amines) is 1. The zero-order chi connectivity index (χ0) is 19.5. The third kappa shape index (κ3) is 4.25. The number of fused-ring (bicyclic) bond motifs is 1. The van der Waals surface area contributed by atoms with E-state index in [2.05, 4.69) is 27.2 Å². The molecule has 28 heavy (non-hydrogen) atoms. The standard InChI is InChI=1S/C21H26N4O3/c1-25-10-7-15(8-11-25)28-20-12-14(6-9-22-20)23-21(27)17-13-19(26)24-18-5-3-2-4-16(17)18/h6,9,12-13,15H,2-5,7-8,10-11H2,1H3,(H,24,26)(H,22,23,27). The van der Waals surface area contributed by atoms with Crippen LogP contribution in [0.4, 0.5) is 5.69 Å². The van der Waals surface area contributed by atoms with Gasteiger partial charge in [0.05, 0.1) is 5.56 Å². The summed E-state index contributed by atoms with van der Waals surface area (Å²) >= 11 is 0. The fourth-order valence-electron chi connectivity index (χ4n) is 3.97. The SMILES string of the molecule is CN1CCC(Oc2cc(NC(=O)c3cc(=O)[nH]c4c3CCCC4)ccn2)CC1. The van der Waals surface area contributed by atoms with Gasteiger partial charge in [-0.2, -0.15) is 0 Å². The molecule has 0 bridgehead atoms. The van der Waals surface area contributed by atoms with Crippen molar-refractivity contribution in [3.05, 3.63) is 51.6 Å². The minimum Gasteiger partial charge on any atom is -0.474 e. The number of aryl methyl sites for hydroxylation is 1. The summed E-state index contributed by atoms with van der Waals surface area (Å²) in [5, 5.41) is 2.90. The zero-order valence-corrected chi connectivity index (χ0v) is 16.2. The minimum absolute atomic E-state index is 0.148. The van der Waals surface area contributed by atoms with E-state index in [1.807, 2.05) is 0 Å². The first-order chi connectivity index (χ1) is 13.6. The Labute approximate surface area is 164 Å². The number of anilines is 1. The Kier molecular flexibility index (Phi) is 5.43. The van der Waals surface area contributed by atoms with Gasteiger partial charge in [0.2, 0.25) is 11.4 Å². The topological polar surface area (TPSA) is 87.3 Å². The van der Waals surface area contributed by atoms with Gasteiger partial charge in [-0.05, 0) is 57.2 Å². The fourth-order valence-corrected chi connectivity index (χ4v) is 3.97. The van der Waals surface area contributed by atoms with Gasteiger partial charge in [0, 0.05) is 42.8 Å². The first kappa shape index (κ1) is 18.7. The molecule has 2 aromatic rings. The van der Waals surface area contributed by atoms with Crippen molar-refractivity contribution in [3.63, 3.8) is 0 Å². The molecule has 7 heteroatoms. The van der Waals surface area contributed by atoms with E-state index in [0.29, 0.717) is 17.1 Å². The third-order valence-electron chi connectivity index (χ3n) is 5.53. The lowest BCUT2D eigenvalue weighted by atomic mass is 9.92. The number of ether oxygens (including phenoxy) is 1. The molecule has 0 spiro atoms. The van der Waals surface area contributed by atoms with Gasteiger partial charge in [0.15, 0.2) is 0 Å². The predicted octanol–water partition coefficient (Wildman–Crippen LogP) is 2.37. The molecule has 1 aliphatic heterocycles. The number of hydrogen-bond acceptors (Lipinski definition) is 5. The summed E-state index contributed by atoms with van der Waals surface area (Å²) in [5.74, 6) is 0.251. The molecule has 1 amide bonds. The van der Waals surface area contributed by atoms with Crippen LogP contribution in [0.3, 0.4) is 0 Å². The Morgan fingerprint density at radius 2 is 2.04 bits per heavy atom. The molecule has 1 saturated heterocycles. The zero-order valence-electron chi connectivity index (χ0n) is 16.2. The number of aromatic amines is 1. The number of amides is 1. The minimum atomic E-state index is -0.263. The molecule has 3 heterocycles. The molecule has 2 aromatic heterocycles. The number of rotatable bonds is 4. The summed E-state index contributed by atoms with van der Waals surface area (Å²) < 4.78 is 6.00. The van der Waals surface area contributed by atoms with Crippen LogP contribution in [0.2, 0.25) is 0 Å². The maximum absolute atomic E-state index is 12.8. The van der Waals surface area contributed by atoms with Gasteiger partial charge in [-0.25, -0.2) is 4.98 Å². The fraction of sp³-hybridized carbons (Fsp3) is 0.476. The summed E-state index contributed by atoms with van der Waals surface area (Å²) in [5.41, 5.74) is 2.71. The second kappa shape index (κ2) is 8.14. The molecule has 1 aliphatic carbocycles. The highest BCUT2D eigenvalue weighted by atomic mass is 16.5. The van der Waals surface area contributed by atoms with E-state index in [0.717, 1.165) is 62.9 Å². The number of H-pyrrole nitrogens is 1. The molecule has 4 rings (SSSR count). The van der Waals surface area contributed by atoms with Gasteiger partial charge in [-0.3, -0.25) is 9.59 Å². The average molecular weight is 382 g/mol. The summed E-state index contributed by atoms with van der Waals surface area (Å²) in [6.45, 7) is 2.02. The van der Waals surface area contributed by atoms with E-state index >= 15 is 0 Å². The van der Waals surface area contributed by atoms with Crippen molar-refractivity contribution in [2.75, 3.05) is 25.5 Å². The van der Waals surface area contributed by atoms with Crippen molar-refractivity contribution in [2.24, 2.45) is 0 Å². The maximum atomic E-state index is 12.8. The molecule has 7 nitrogen and oxygen atoms in total. The third-order valence-corrected chi connectivity index (χ3v) is 5.53. The van der Waals surface area contributed by atoms with Crippen LogP contribution in [0.15, 0.2) is 29.2 Å². The number of nitrogens with zero attached hydrogens (tertiary/aromatic N) is 2. The highest BCUT2D eigenvalue weighted by molar-refractivity contribution is 6.05. The van der Waals surface area contributed by atoms with E-state index in [1.165, 1.54) is 6.07 Å². The Hall–Kier alpha value is -2.67. The van der Waals surface area contributed by atoms with E-state index < -0.39 is 0 Å². The van der Waals surface area contributed by atoms with Crippen LogP contribution in [0, 0.1) is 0 Å². The largest absolute Gasteiger partial charge is 0.474 e. The highest BCUT2D eigenvalue weighted by Gasteiger charge is 2.21. The van der Waals surface area contributed by atoms with Crippen LogP contribution in [-0.4, -0.2) is 47.0 Å². The predicted molar refractivity (Wildman–Crippen MR) is 107 cm³/mol. The highest BCUT2D eigenvalue weighted by Crippen LogP contribution is 2.24. The number of pyridine rings is 2. The molecule has 0 saturated carbocycles. The second-order valence-corrected chi connectivity index (χ2v) is 7.67. The monoisotopic (exact) mass is 382 g/mol. The van der Waals surface area contributed by atoms with Gasteiger partial charge in [0.1, 0.15) is 6.10 Å². The van der Waals surface area contributed by atoms with Gasteiger partial charge >= 0.3 is 0 Å². The molecule has 148 valence electrons. The van der Waals surface area contributed by atoms with Gasteiger partial charge in [0.25, 0.3) is 5.91 Å². The van der Waals surface area contributed by atoms with E-state index in [-0.39, 0.29) is 17.6 Å². The summed E-state index contributed by atoms with van der Waals surface area (Å²) in [6, 6.07) is 4.88. The quantitative estimate of drug-likeness (QED) is 0.848. The van der Waals surface area contributed by atoms with Crippen molar-refractivity contribution in [1.82, 2.24) is 14.9 Å². The summed E-state index contributed by atoms with van der Waals surface area (Å²) in [4.78, 5) is 34.2. The van der Waals surface area contributed by atoms with E-state index in [1.54, 1.807) is 18.3 Å². The normalized spacial score (nSPS) is 17.8. The van der Waals surface area contributed by atoms with Gasteiger partial charge in [-0.15, -0.1) is 0 Å². The summed E-state index contributed by atoms with van der Waals surface area (Å²) in [6.07, 6.45) is 7.41. The summed E-state index contributed by atoms with van der Waals surface area (Å²) in [7, 11) is 2.11. The van der Waals surface area contributed by atoms with Gasteiger partial charge in [-0.1, -0.05) is 0 Å². The lowest BCUT2D eigenvalue weighted by Gasteiger charge is -2.28. The Balaban J connectivity index is 1.48. The first-order valence-corrected chi connectivity index (χ1v) is 9.96. The molecule has 0 radical (unpaired) electrons. The molecule has 1 fully saturated rings. The first-order valence-electron chi connectivity index (χ1n) is 9.96. The van der Waals surface area contributed by atoms with Gasteiger partial charge < -0.3 is 19.9 Å². The number of carbonyl (C=O) groups excluding carboxylic acids is 1. The molecular formula is C21H26N4O3. The van der Waals surface area contributed by atoms with Crippen LogP contribution >= 0.6 is 0 Å². The van der Waals surface area contributed by atoms with E-state index in [9.17, 15) is 9.59 Å². The molecule has 0 unspecified atom stereocenters. The lowest BCUT2D eigenvalue weighted by Crippen LogP contribution is -2.35. The second-order valence-electron chi connectivity index (χ2n) is 7.67. The lowest BCUT2D eigenvalue weighted by molar-refractivity contribution is 0.102. The van der Waals surface area contributed by atoms with Crippen molar-refractivity contribution < 1.29 is 9.53 Å². The van der Waals surface area contributed by atoms with Crippen LogP contribution in [0.5, 0.6) is 5.88 Å². The van der Waals surface area contributed by atoms with Crippen LogP contribution in [-0.2, 0) is 12.8 Å². The van der Waals surface area contributed by atoms with Crippen molar-refractivity contribution in [3.8, 4) is 5.88 Å². The number of piperidine rings is 1.